The van der Waals surface area contributed by atoms with Crippen molar-refractivity contribution in [3.8, 4) is 11.5 Å². The Bertz CT molecular complexity index is 638. The van der Waals surface area contributed by atoms with Gasteiger partial charge in [0.15, 0.2) is 0 Å². The molecule has 1 aliphatic rings. The van der Waals surface area contributed by atoms with Crippen molar-refractivity contribution in [1.82, 2.24) is 4.98 Å². The third kappa shape index (κ3) is 1.79. The zero-order chi connectivity index (χ0) is 13.4. The lowest BCUT2D eigenvalue weighted by molar-refractivity contribution is 0.397. The summed E-state index contributed by atoms with van der Waals surface area (Å²) in [5.74, 6) is 1.56. The van der Waals surface area contributed by atoms with Gasteiger partial charge in [-0.2, -0.15) is 0 Å². The third-order valence-electron chi connectivity index (χ3n) is 3.76. The maximum atomic E-state index is 5.46. The summed E-state index contributed by atoms with van der Waals surface area (Å²) < 4.78 is 10.8. The summed E-state index contributed by atoms with van der Waals surface area (Å²) in [6.45, 7) is 0. The van der Waals surface area contributed by atoms with Crippen molar-refractivity contribution in [2.24, 2.45) is 0 Å². The van der Waals surface area contributed by atoms with Gasteiger partial charge in [-0.05, 0) is 30.9 Å². The van der Waals surface area contributed by atoms with Gasteiger partial charge in [0.25, 0.3) is 0 Å². The maximum Gasteiger partial charge on any atom is 0.148 e. The molecule has 0 unspecified atom stereocenters. The van der Waals surface area contributed by atoms with Crippen LogP contribution in [0.15, 0.2) is 12.1 Å². The predicted octanol–water partition coefficient (Wildman–Crippen LogP) is 2.78. The molecule has 1 aromatic carbocycles. The number of aryl methyl sites for hydroxylation is 1. The Hall–Kier alpha value is -1.97. The quantitative estimate of drug-likeness (QED) is 0.919. The molecule has 0 bridgehead atoms. The number of hydrogen-bond acceptors (Lipinski definition) is 4. The topological polar surface area (TPSA) is 43.4 Å². The fourth-order valence-electron chi connectivity index (χ4n) is 2.87. The van der Waals surface area contributed by atoms with Gasteiger partial charge in [-0.25, -0.2) is 4.98 Å². The Balaban J connectivity index is 2.39. The standard InChI is InChI=1S/C15H18N2O2/c1-16-14-10-5-4-6-12(10)17-15-11(14)7-9(18-2)8-13(15)19-3/h7-8H,4-6H2,1-3H3,(H,16,17). The Morgan fingerprint density at radius 2 is 2.00 bits per heavy atom. The second-order valence-electron chi connectivity index (χ2n) is 4.74. The smallest absolute Gasteiger partial charge is 0.148 e. The van der Waals surface area contributed by atoms with Crippen molar-refractivity contribution in [1.29, 1.82) is 0 Å². The van der Waals surface area contributed by atoms with E-state index in [4.69, 9.17) is 14.5 Å². The zero-order valence-electron chi connectivity index (χ0n) is 11.5. The molecule has 0 saturated carbocycles. The molecule has 4 heteroatoms. The van der Waals surface area contributed by atoms with Gasteiger partial charge in [0.2, 0.25) is 0 Å². The highest BCUT2D eigenvalue weighted by Gasteiger charge is 2.21. The van der Waals surface area contributed by atoms with Crippen LogP contribution in [0.5, 0.6) is 11.5 Å². The van der Waals surface area contributed by atoms with Crippen molar-refractivity contribution in [2.75, 3.05) is 26.6 Å². The van der Waals surface area contributed by atoms with Crippen LogP contribution in [-0.4, -0.2) is 26.3 Å². The van der Waals surface area contributed by atoms with Gasteiger partial charge >= 0.3 is 0 Å². The van der Waals surface area contributed by atoms with Crippen LogP contribution in [0.2, 0.25) is 0 Å². The molecule has 3 rings (SSSR count). The highest BCUT2D eigenvalue weighted by Crippen LogP contribution is 2.39. The van der Waals surface area contributed by atoms with E-state index in [-0.39, 0.29) is 0 Å². The van der Waals surface area contributed by atoms with E-state index in [0.29, 0.717) is 0 Å². The van der Waals surface area contributed by atoms with Crippen LogP contribution in [0.25, 0.3) is 10.9 Å². The summed E-state index contributed by atoms with van der Waals surface area (Å²) in [7, 11) is 5.29. The van der Waals surface area contributed by atoms with Crippen molar-refractivity contribution in [3.05, 3.63) is 23.4 Å². The van der Waals surface area contributed by atoms with Gasteiger partial charge in [-0.3, -0.25) is 0 Å². The van der Waals surface area contributed by atoms with E-state index in [1.165, 1.54) is 17.7 Å². The van der Waals surface area contributed by atoms with Gasteiger partial charge in [0, 0.05) is 29.9 Å². The van der Waals surface area contributed by atoms with Gasteiger partial charge in [-0.1, -0.05) is 0 Å². The molecule has 1 aromatic heterocycles. The minimum Gasteiger partial charge on any atom is -0.497 e. The van der Waals surface area contributed by atoms with E-state index in [9.17, 15) is 0 Å². The summed E-state index contributed by atoms with van der Waals surface area (Å²) in [6.07, 6.45) is 3.32. The molecule has 0 fully saturated rings. The Labute approximate surface area is 112 Å². The number of rotatable bonds is 3. The average molecular weight is 258 g/mol. The SMILES string of the molecule is CNc1c2c(nc3c(OC)cc(OC)cc13)CCC2. The van der Waals surface area contributed by atoms with E-state index in [1.807, 2.05) is 19.2 Å². The first-order chi connectivity index (χ1) is 9.28. The fourth-order valence-corrected chi connectivity index (χ4v) is 2.87. The lowest BCUT2D eigenvalue weighted by atomic mass is 10.1. The van der Waals surface area contributed by atoms with Crippen LogP contribution in [0.4, 0.5) is 5.69 Å². The number of nitrogens with zero attached hydrogens (tertiary/aromatic N) is 1. The summed E-state index contributed by atoms with van der Waals surface area (Å²) in [5.41, 5.74) is 4.61. The molecule has 0 amide bonds. The summed E-state index contributed by atoms with van der Waals surface area (Å²) in [4.78, 5) is 4.79. The molecule has 0 atom stereocenters. The lowest BCUT2D eigenvalue weighted by Gasteiger charge is -2.15. The number of aromatic nitrogens is 1. The van der Waals surface area contributed by atoms with Crippen LogP contribution in [0, 0.1) is 0 Å². The van der Waals surface area contributed by atoms with Gasteiger partial charge in [-0.15, -0.1) is 0 Å². The first-order valence-corrected chi connectivity index (χ1v) is 6.53. The average Bonchev–Trinajstić information content (AvgIpc) is 2.91. The molecular formula is C15H18N2O2. The molecule has 1 heterocycles. The van der Waals surface area contributed by atoms with Crippen molar-refractivity contribution in [2.45, 2.75) is 19.3 Å². The molecule has 2 aromatic rings. The van der Waals surface area contributed by atoms with Crippen molar-refractivity contribution >= 4 is 16.6 Å². The van der Waals surface area contributed by atoms with E-state index in [1.54, 1.807) is 14.2 Å². The minimum atomic E-state index is 0.764. The monoisotopic (exact) mass is 258 g/mol. The molecular weight excluding hydrogens is 240 g/mol. The molecule has 1 N–H and O–H groups in total. The van der Waals surface area contributed by atoms with Crippen molar-refractivity contribution in [3.63, 3.8) is 0 Å². The number of benzene rings is 1. The minimum absolute atomic E-state index is 0.764. The molecule has 1 aliphatic carbocycles. The van der Waals surface area contributed by atoms with E-state index >= 15 is 0 Å². The zero-order valence-corrected chi connectivity index (χ0v) is 11.5. The Morgan fingerprint density at radius 3 is 2.68 bits per heavy atom. The maximum absolute atomic E-state index is 5.46. The third-order valence-corrected chi connectivity index (χ3v) is 3.76. The number of hydrogen-bond donors (Lipinski definition) is 1. The fraction of sp³-hybridized carbons (Fsp3) is 0.400. The first-order valence-electron chi connectivity index (χ1n) is 6.53. The number of nitrogens with one attached hydrogen (secondary N) is 1. The van der Waals surface area contributed by atoms with Crippen LogP contribution in [-0.2, 0) is 12.8 Å². The Morgan fingerprint density at radius 1 is 1.16 bits per heavy atom. The first kappa shape index (κ1) is 12.1. The van der Waals surface area contributed by atoms with Crippen LogP contribution in [0.3, 0.4) is 0 Å². The van der Waals surface area contributed by atoms with Gasteiger partial charge in [0.1, 0.15) is 17.0 Å². The molecule has 0 spiro atoms. The van der Waals surface area contributed by atoms with Crippen LogP contribution in [0.1, 0.15) is 17.7 Å². The van der Waals surface area contributed by atoms with Crippen LogP contribution < -0.4 is 14.8 Å². The molecule has 0 aliphatic heterocycles. The molecule has 0 saturated heterocycles. The second-order valence-corrected chi connectivity index (χ2v) is 4.74. The highest BCUT2D eigenvalue weighted by molar-refractivity contribution is 5.98. The predicted molar refractivity (Wildman–Crippen MR) is 76.4 cm³/mol. The highest BCUT2D eigenvalue weighted by atomic mass is 16.5. The summed E-state index contributed by atoms with van der Waals surface area (Å²) in [5, 5.41) is 4.39. The Kier molecular flexibility index (Phi) is 2.93. The van der Waals surface area contributed by atoms with E-state index in [2.05, 4.69) is 5.32 Å². The largest absolute Gasteiger partial charge is 0.497 e. The van der Waals surface area contributed by atoms with E-state index in [0.717, 1.165) is 40.9 Å². The lowest BCUT2D eigenvalue weighted by Crippen LogP contribution is -2.01. The summed E-state index contributed by atoms with van der Waals surface area (Å²) in [6, 6.07) is 3.91. The van der Waals surface area contributed by atoms with E-state index < -0.39 is 0 Å². The number of anilines is 1. The normalized spacial score (nSPS) is 13.4. The number of ether oxygens (including phenoxy) is 2. The molecule has 0 radical (unpaired) electrons. The summed E-state index contributed by atoms with van der Waals surface area (Å²) >= 11 is 0. The molecule has 19 heavy (non-hydrogen) atoms. The molecule has 4 nitrogen and oxygen atoms in total. The molecule has 100 valence electrons. The number of pyridine rings is 1. The number of methoxy groups -OCH3 is 2. The second kappa shape index (κ2) is 4.61. The van der Waals surface area contributed by atoms with Crippen molar-refractivity contribution < 1.29 is 9.47 Å². The van der Waals surface area contributed by atoms with Crippen LogP contribution >= 0.6 is 0 Å². The number of fused-ring (bicyclic) bond motifs is 2. The van der Waals surface area contributed by atoms with Gasteiger partial charge < -0.3 is 14.8 Å². The van der Waals surface area contributed by atoms with Gasteiger partial charge in [0.05, 0.1) is 14.2 Å².